The van der Waals surface area contributed by atoms with E-state index < -0.39 is 16.7 Å². The Bertz CT molecular complexity index is 1810. The number of nitro benzene ring substituents is 1. The number of imidazole rings is 1. The van der Waals surface area contributed by atoms with Crippen LogP contribution in [-0.4, -0.2) is 42.0 Å². The van der Waals surface area contributed by atoms with Gasteiger partial charge >= 0.3 is 0 Å². The molecule has 2 aromatic carbocycles. The van der Waals surface area contributed by atoms with Crippen molar-refractivity contribution in [3.63, 3.8) is 0 Å². The van der Waals surface area contributed by atoms with Crippen molar-refractivity contribution >= 4 is 50.5 Å². The number of carbonyl (C=O) groups excluding carboxylic acids is 2. The lowest BCUT2D eigenvalue weighted by Crippen LogP contribution is -2.22. The largest absolute Gasteiger partial charge is 0.492 e. The lowest BCUT2D eigenvalue weighted by molar-refractivity contribution is -0.384. The molecule has 5 aromatic rings. The number of aromatic nitrogens is 4. The number of imide groups is 1. The predicted molar refractivity (Wildman–Crippen MR) is 140 cm³/mol. The third-order valence-corrected chi connectivity index (χ3v) is 6.79. The molecule has 0 saturated carbocycles. The van der Waals surface area contributed by atoms with Gasteiger partial charge in [-0.2, -0.15) is 0 Å². The first-order valence-corrected chi connectivity index (χ1v) is 11.8. The topological polar surface area (TPSA) is 126 Å². The zero-order chi connectivity index (χ0) is 26.6. The van der Waals surface area contributed by atoms with Crippen molar-refractivity contribution in [1.29, 1.82) is 0 Å². The minimum Gasteiger partial charge on any atom is -0.492 e. The van der Waals surface area contributed by atoms with Crippen LogP contribution >= 0.6 is 0 Å². The van der Waals surface area contributed by atoms with Crippen LogP contribution in [0.3, 0.4) is 0 Å². The molecule has 1 N–H and O–H groups in total. The molecule has 190 valence electrons. The third kappa shape index (κ3) is 3.72. The number of aryl methyl sites for hydroxylation is 2. The summed E-state index contributed by atoms with van der Waals surface area (Å²) in [4.78, 5) is 41.0. The summed E-state index contributed by atoms with van der Waals surface area (Å²) in [7, 11) is 3.61. The summed E-state index contributed by atoms with van der Waals surface area (Å²) < 4.78 is 11.5. The highest BCUT2D eigenvalue weighted by atomic mass is 16.6. The average molecular weight is 511 g/mol. The molecule has 4 heterocycles. The monoisotopic (exact) mass is 510 g/mol. The van der Waals surface area contributed by atoms with E-state index in [1.54, 1.807) is 36.4 Å². The van der Waals surface area contributed by atoms with Crippen LogP contribution < -0.4 is 10.1 Å². The minimum atomic E-state index is -0.507. The minimum absolute atomic E-state index is 0.0523. The fourth-order valence-electron chi connectivity index (χ4n) is 4.99. The standard InChI is InChI=1S/C27H22N6O5/c1-30-13-20(18-5-3-16(33(36)37)11-22(18)30)24-25(27(35)29-26(24)34)21-14-31(2)23-12-17(4-6-19(21)23)38-10-9-32-8-7-28-15-32/h3-8,11-15H,9-10H2,1-2H3,(H,29,34,35). The predicted octanol–water partition coefficient (Wildman–Crippen LogP) is 3.42. The number of nitrogens with one attached hydrogen (secondary N) is 1. The van der Waals surface area contributed by atoms with Crippen molar-refractivity contribution in [3.8, 4) is 5.75 Å². The first-order valence-electron chi connectivity index (χ1n) is 11.8. The van der Waals surface area contributed by atoms with E-state index in [1.807, 2.05) is 46.8 Å². The van der Waals surface area contributed by atoms with E-state index in [2.05, 4.69) is 10.3 Å². The number of ether oxygens (including phenoxy) is 1. The van der Waals surface area contributed by atoms with Crippen molar-refractivity contribution in [3.05, 3.63) is 88.8 Å². The molecule has 11 nitrogen and oxygen atoms in total. The Morgan fingerprint density at radius 3 is 2.18 bits per heavy atom. The number of non-ortho nitro benzene ring substituents is 1. The molecule has 0 bridgehead atoms. The van der Waals surface area contributed by atoms with Gasteiger partial charge in [-0.15, -0.1) is 0 Å². The van der Waals surface area contributed by atoms with Gasteiger partial charge in [-0.1, -0.05) is 0 Å². The van der Waals surface area contributed by atoms with Crippen LogP contribution in [-0.2, 0) is 30.2 Å². The normalized spacial score (nSPS) is 13.6. The first-order chi connectivity index (χ1) is 18.3. The number of hydrogen-bond acceptors (Lipinski definition) is 6. The summed E-state index contributed by atoms with van der Waals surface area (Å²) in [5.74, 6) is -0.313. The van der Waals surface area contributed by atoms with Gasteiger partial charge in [-0.05, 0) is 18.2 Å². The fourth-order valence-corrected chi connectivity index (χ4v) is 4.99. The van der Waals surface area contributed by atoms with E-state index in [0.717, 1.165) is 10.9 Å². The molecule has 0 saturated heterocycles. The van der Waals surface area contributed by atoms with E-state index in [-0.39, 0.29) is 16.8 Å². The molecule has 0 fully saturated rings. The van der Waals surface area contributed by atoms with Crippen LogP contribution in [0.5, 0.6) is 5.75 Å². The molecule has 0 aliphatic carbocycles. The second-order valence-corrected chi connectivity index (χ2v) is 9.13. The van der Waals surface area contributed by atoms with Gasteiger partial charge in [0.15, 0.2) is 0 Å². The summed E-state index contributed by atoms with van der Waals surface area (Å²) >= 11 is 0. The molecule has 0 unspecified atom stereocenters. The van der Waals surface area contributed by atoms with Crippen molar-refractivity contribution in [2.75, 3.05) is 6.61 Å². The molecule has 1 aliphatic rings. The number of nitro groups is 1. The lowest BCUT2D eigenvalue weighted by Gasteiger charge is -2.08. The van der Waals surface area contributed by atoms with Crippen LogP contribution in [0, 0.1) is 10.1 Å². The lowest BCUT2D eigenvalue weighted by atomic mass is 9.95. The summed E-state index contributed by atoms with van der Waals surface area (Å²) in [6, 6.07) is 10.1. The van der Waals surface area contributed by atoms with Crippen LogP contribution in [0.1, 0.15) is 11.1 Å². The number of carbonyl (C=O) groups is 2. The summed E-state index contributed by atoms with van der Waals surface area (Å²) in [6.07, 6.45) is 8.86. The molecule has 1 aliphatic heterocycles. The molecule has 38 heavy (non-hydrogen) atoms. The number of rotatable bonds is 7. The van der Waals surface area contributed by atoms with Crippen LogP contribution in [0.15, 0.2) is 67.5 Å². The number of fused-ring (bicyclic) bond motifs is 2. The maximum absolute atomic E-state index is 13.1. The van der Waals surface area contributed by atoms with Gasteiger partial charge in [-0.3, -0.25) is 25.0 Å². The van der Waals surface area contributed by atoms with Gasteiger partial charge in [0.1, 0.15) is 12.4 Å². The maximum Gasteiger partial charge on any atom is 0.271 e. The average Bonchev–Trinajstić information content (AvgIpc) is 3.65. The van der Waals surface area contributed by atoms with Crippen molar-refractivity contribution in [2.24, 2.45) is 14.1 Å². The van der Waals surface area contributed by atoms with E-state index in [1.165, 1.54) is 12.1 Å². The number of amides is 2. The number of hydrogen-bond donors (Lipinski definition) is 1. The molecule has 0 spiro atoms. The van der Waals surface area contributed by atoms with Gasteiger partial charge < -0.3 is 18.4 Å². The second kappa shape index (κ2) is 8.73. The smallest absolute Gasteiger partial charge is 0.271 e. The zero-order valence-electron chi connectivity index (χ0n) is 20.5. The van der Waals surface area contributed by atoms with Gasteiger partial charge in [0.05, 0.1) is 40.0 Å². The molecule has 11 heteroatoms. The summed E-state index contributed by atoms with van der Waals surface area (Å²) in [5, 5.41) is 15.1. The molecule has 6 rings (SSSR count). The Morgan fingerprint density at radius 2 is 1.58 bits per heavy atom. The highest BCUT2D eigenvalue weighted by molar-refractivity contribution is 6.50. The Hall–Kier alpha value is -5.19. The van der Waals surface area contributed by atoms with Gasteiger partial charge in [-0.25, -0.2) is 4.98 Å². The highest BCUT2D eigenvalue weighted by Crippen LogP contribution is 2.39. The fraction of sp³-hybridized carbons (Fsp3) is 0.148. The first kappa shape index (κ1) is 23.2. The quantitative estimate of drug-likeness (QED) is 0.203. The van der Waals surface area contributed by atoms with Gasteiger partial charge in [0, 0.05) is 79.0 Å². The molecule has 0 radical (unpaired) electrons. The van der Waals surface area contributed by atoms with Crippen LogP contribution in [0.2, 0.25) is 0 Å². The van der Waals surface area contributed by atoms with Crippen LogP contribution in [0.4, 0.5) is 5.69 Å². The van der Waals surface area contributed by atoms with Crippen molar-refractivity contribution in [1.82, 2.24) is 24.0 Å². The third-order valence-electron chi connectivity index (χ3n) is 6.79. The number of nitrogens with zero attached hydrogens (tertiary/aromatic N) is 5. The van der Waals surface area contributed by atoms with Gasteiger partial charge in [0.2, 0.25) is 0 Å². The van der Waals surface area contributed by atoms with Crippen LogP contribution in [0.25, 0.3) is 33.0 Å². The highest BCUT2D eigenvalue weighted by Gasteiger charge is 2.35. The summed E-state index contributed by atoms with van der Waals surface area (Å²) in [5.41, 5.74) is 3.03. The Balaban J connectivity index is 1.43. The molecule has 0 atom stereocenters. The van der Waals surface area contributed by atoms with E-state index >= 15 is 0 Å². The number of benzene rings is 2. The Kier molecular flexibility index (Phi) is 5.34. The van der Waals surface area contributed by atoms with E-state index in [9.17, 15) is 19.7 Å². The van der Waals surface area contributed by atoms with Gasteiger partial charge in [0.25, 0.3) is 17.5 Å². The maximum atomic E-state index is 13.1. The van der Waals surface area contributed by atoms with Crippen molar-refractivity contribution in [2.45, 2.75) is 6.54 Å². The zero-order valence-corrected chi connectivity index (χ0v) is 20.5. The second-order valence-electron chi connectivity index (χ2n) is 9.13. The molecule has 3 aromatic heterocycles. The molecular weight excluding hydrogens is 488 g/mol. The van der Waals surface area contributed by atoms with Crippen molar-refractivity contribution < 1.29 is 19.2 Å². The Morgan fingerprint density at radius 1 is 0.947 bits per heavy atom. The SMILES string of the molecule is Cn1cc(C2=C(c3cn(C)c4cc([N+](=O)[O-])ccc34)C(=O)NC2=O)c2ccc(OCCn3ccnc3)cc21. The Labute approximate surface area is 215 Å². The van der Waals surface area contributed by atoms with E-state index in [4.69, 9.17) is 4.74 Å². The summed E-state index contributed by atoms with van der Waals surface area (Å²) in [6.45, 7) is 1.12. The molecule has 2 amide bonds. The molecular formula is C27H22N6O5. The van der Waals surface area contributed by atoms with E-state index in [0.29, 0.717) is 40.9 Å².